The van der Waals surface area contributed by atoms with E-state index >= 15 is 0 Å². The van der Waals surface area contributed by atoms with Gasteiger partial charge in [-0.1, -0.05) is 19.9 Å². The smallest absolute Gasteiger partial charge is 0.481 e. The summed E-state index contributed by atoms with van der Waals surface area (Å²) in [6.45, 7) is 3.44. The first kappa shape index (κ1) is 12.6. The third kappa shape index (κ3) is 2.37. The minimum Gasteiger partial charge on any atom is -0.481 e. The van der Waals surface area contributed by atoms with Crippen LogP contribution in [-0.2, 0) is 10.2 Å². The van der Waals surface area contributed by atoms with Gasteiger partial charge in [-0.25, -0.2) is 0 Å². The van der Waals surface area contributed by atoms with Crippen LogP contribution in [0.25, 0.3) is 0 Å². The average molecular weight is 258 g/mol. The van der Waals surface area contributed by atoms with E-state index in [0.29, 0.717) is 5.56 Å². The lowest BCUT2D eigenvalue weighted by Gasteiger charge is -2.23. The van der Waals surface area contributed by atoms with Crippen molar-refractivity contribution in [1.29, 1.82) is 0 Å². The van der Waals surface area contributed by atoms with E-state index in [1.807, 2.05) is 0 Å². The fourth-order valence-corrected chi connectivity index (χ4v) is 1.85. The van der Waals surface area contributed by atoms with E-state index in [1.165, 1.54) is 12.1 Å². The normalized spacial score (nSPS) is 16.7. The molecule has 0 spiro atoms. The molecule has 0 unspecified atom stereocenters. The summed E-state index contributed by atoms with van der Waals surface area (Å²) in [6, 6.07) is 4.31. The van der Waals surface area contributed by atoms with Gasteiger partial charge in [0, 0.05) is 5.41 Å². The second-order valence-electron chi connectivity index (χ2n) is 4.78. The molecule has 0 atom stereocenters. The van der Waals surface area contributed by atoms with E-state index in [0.717, 1.165) is 0 Å². The Bertz CT molecular complexity index is 497. The van der Waals surface area contributed by atoms with Gasteiger partial charge in [0.25, 0.3) is 0 Å². The standard InChI is InChI=1S/C12H12F2O4/c1-11(2,6-10(15)16)7-3-4-8-9(5-7)18-12(13,14)17-8/h3-5H,6H2,1-2H3,(H,15,16). The van der Waals surface area contributed by atoms with Crippen molar-refractivity contribution in [3.05, 3.63) is 23.8 Å². The molecule has 6 heteroatoms. The molecule has 0 bridgehead atoms. The molecule has 0 fully saturated rings. The van der Waals surface area contributed by atoms with Crippen LogP contribution in [0.15, 0.2) is 18.2 Å². The number of aliphatic carboxylic acids is 1. The highest BCUT2D eigenvalue weighted by Gasteiger charge is 2.43. The minimum absolute atomic E-state index is 0.0464. The van der Waals surface area contributed by atoms with E-state index in [9.17, 15) is 13.6 Å². The van der Waals surface area contributed by atoms with Gasteiger partial charge >= 0.3 is 12.3 Å². The van der Waals surface area contributed by atoms with Gasteiger partial charge in [0.15, 0.2) is 11.5 Å². The number of alkyl halides is 2. The summed E-state index contributed by atoms with van der Waals surface area (Å²) in [5.74, 6) is -1.08. The van der Waals surface area contributed by atoms with Crippen molar-refractivity contribution < 1.29 is 28.2 Å². The molecule has 1 aliphatic heterocycles. The van der Waals surface area contributed by atoms with Crippen LogP contribution >= 0.6 is 0 Å². The molecule has 0 amide bonds. The number of rotatable bonds is 3. The molecule has 1 aromatic rings. The van der Waals surface area contributed by atoms with Gasteiger partial charge in [-0.15, -0.1) is 8.78 Å². The lowest BCUT2D eigenvalue weighted by atomic mass is 9.81. The topological polar surface area (TPSA) is 55.8 Å². The van der Waals surface area contributed by atoms with Crippen LogP contribution in [0.3, 0.4) is 0 Å². The molecule has 98 valence electrons. The van der Waals surface area contributed by atoms with E-state index in [1.54, 1.807) is 19.9 Å². The summed E-state index contributed by atoms with van der Waals surface area (Å²) < 4.78 is 34.3. The van der Waals surface area contributed by atoms with Crippen LogP contribution in [-0.4, -0.2) is 17.4 Å². The molecule has 4 nitrogen and oxygen atoms in total. The van der Waals surface area contributed by atoms with Crippen molar-refractivity contribution in [2.24, 2.45) is 0 Å². The summed E-state index contributed by atoms with van der Waals surface area (Å²) in [5.41, 5.74) is -0.0767. The number of benzene rings is 1. The molecule has 1 N–H and O–H groups in total. The van der Waals surface area contributed by atoms with Crippen LogP contribution in [0.4, 0.5) is 8.78 Å². The van der Waals surface area contributed by atoms with Crippen molar-refractivity contribution in [2.45, 2.75) is 32.0 Å². The summed E-state index contributed by atoms with van der Waals surface area (Å²) in [7, 11) is 0. The number of halogens is 2. The molecule has 0 saturated heterocycles. The molecule has 0 aliphatic carbocycles. The Morgan fingerprint density at radius 2 is 1.94 bits per heavy atom. The van der Waals surface area contributed by atoms with Gasteiger partial charge < -0.3 is 14.6 Å². The largest absolute Gasteiger partial charge is 0.586 e. The molecule has 1 aromatic carbocycles. The van der Waals surface area contributed by atoms with Crippen molar-refractivity contribution in [2.75, 3.05) is 0 Å². The number of carboxylic acid groups (broad SMARTS) is 1. The first-order valence-electron chi connectivity index (χ1n) is 5.32. The predicted molar refractivity (Wildman–Crippen MR) is 57.9 cm³/mol. The SMILES string of the molecule is CC(C)(CC(=O)O)c1ccc2c(c1)OC(F)(F)O2. The lowest BCUT2D eigenvalue weighted by Crippen LogP contribution is -2.26. The Morgan fingerprint density at radius 3 is 2.56 bits per heavy atom. The van der Waals surface area contributed by atoms with Gasteiger partial charge in [0.2, 0.25) is 0 Å². The minimum atomic E-state index is -3.65. The maximum absolute atomic E-state index is 12.8. The molecule has 2 rings (SSSR count). The highest BCUT2D eigenvalue weighted by Crippen LogP contribution is 2.43. The summed E-state index contributed by atoms with van der Waals surface area (Å²) in [6.07, 6.45) is -3.76. The maximum Gasteiger partial charge on any atom is 0.586 e. The van der Waals surface area contributed by atoms with Crippen molar-refractivity contribution in [1.82, 2.24) is 0 Å². The Kier molecular flexibility index (Phi) is 2.68. The van der Waals surface area contributed by atoms with Gasteiger partial charge in [-0.05, 0) is 17.7 Å². The Morgan fingerprint density at radius 1 is 1.33 bits per heavy atom. The fourth-order valence-electron chi connectivity index (χ4n) is 1.85. The third-order valence-electron chi connectivity index (χ3n) is 2.78. The zero-order chi connectivity index (χ0) is 13.6. The summed E-state index contributed by atoms with van der Waals surface area (Å²) in [5, 5.41) is 8.81. The molecule has 0 aromatic heterocycles. The number of fused-ring (bicyclic) bond motifs is 1. The predicted octanol–water partition coefficient (Wildman–Crippen LogP) is 2.76. The van der Waals surface area contributed by atoms with Crippen LogP contribution in [0.5, 0.6) is 11.5 Å². The van der Waals surface area contributed by atoms with Crippen LogP contribution in [0.2, 0.25) is 0 Å². The van der Waals surface area contributed by atoms with Gasteiger partial charge in [-0.2, -0.15) is 0 Å². The van der Waals surface area contributed by atoms with Gasteiger partial charge in [-0.3, -0.25) is 4.79 Å². The van der Waals surface area contributed by atoms with Gasteiger partial charge in [0.1, 0.15) is 0 Å². The number of hydrogen-bond donors (Lipinski definition) is 1. The van der Waals surface area contributed by atoms with Crippen molar-refractivity contribution in [3.8, 4) is 11.5 Å². The summed E-state index contributed by atoms with van der Waals surface area (Å²) >= 11 is 0. The molecular weight excluding hydrogens is 246 g/mol. The molecular formula is C12H12F2O4. The number of carbonyl (C=O) groups is 1. The number of hydrogen-bond acceptors (Lipinski definition) is 3. The number of carboxylic acids is 1. The highest BCUT2D eigenvalue weighted by atomic mass is 19.3. The quantitative estimate of drug-likeness (QED) is 0.905. The number of ether oxygens (including phenoxy) is 2. The Labute approximate surface area is 102 Å². The maximum atomic E-state index is 12.8. The zero-order valence-electron chi connectivity index (χ0n) is 9.87. The van der Waals surface area contributed by atoms with E-state index in [-0.39, 0.29) is 17.9 Å². The fraction of sp³-hybridized carbons (Fsp3) is 0.417. The van der Waals surface area contributed by atoms with Gasteiger partial charge in [0.05, 0.1) is 6.42 Å². The first-order chi connectivity index (χ1) is 8.20. The van der Waals surface area contributed by atoms with Crippen molar-refractivity contribution >= 4 is 5.97 Å². The molecule has 0 saturated carbocycles. The monoisotopic (exact) mass is 258 g/mol. The second kappa shape index (κ2) is 3.83. The Balaban J connectivity index is 2.31. The summed E-state index contributed by atoms with van der Waals surface area (Å²) in [4.78, 5) is 10.7. The second-order valence-corrected chi connectivity index (χ2v) is 4.78. The highest BCUT2D eigenvalue weighted by molar-refractivity contribution is 5.69. The van der Waals surface area contributed by atoms with E-state index in [4.69, 9.17) is 5.11 Å². The van der Waals surface area contributed by atoms with Crippen molar-refractivity contribution in [3.63, 3.8) is 0 Å². The average Bonchev–Trinajstić information content (AvgIpc) is 2.47. The molecule has 1 aliphatic rings. The lowest BCUT2D eigenvalue weighted by molar-refractivity contribution is -0.286. The molecule has 1 heterocycles. The Hall–Kier alpha value is -1.85. The molecule has 0 radical (unpaired) electrons. The van der Waals surface area contributed by atoms with E-state index in [2.05, 4.69) is 9.47 Å². The van der Waals surface area contributed by atoms with Crippen LogP contribution in [0.1, 0.15) is 25.8 Å². The van der Waals surface area contributed by atoms with Crippen LogP contribution in [0, 0.1) is 0 Å². The van der Waals surface area contributed by atoms with Crippen LogP contribution < -0.4 is 9.47 Å². The third-order valence-corrected chi connectivity index (χ3v) is 2.78. The van der Waals surface area contributed by atoms with E-state index < -0.39 is 17.7 Å². The first-order valence-corrected chi connectivity index (χ1v) is 5.32. The molecule has 18 heavy (non-hydrogen) atoms. The zero-order valence-corrected chi connectivity index (χ0v) is 9.87.